The zero-order valence-electron chi connectivity index (χ0n) is 15.4. The van der Waals surface area contributed by atoms with Crippen molar-refractivity contribution >= 4 is 29.9 Å². The third-order valence-corrected chi connectivity index (χ3v) is 6.51. The van der Waals surface area contributed by atoms with Crippen LogP contribution in [0.25, 0.3) is 0 Å². The number of halogens is 1. The molecule has 0 aromatic heterocycles. The van der Waals surface area contributed by atoms with Gasteiger partial charge in [-0.25, -0.2) is 0 Å². The van der Waals surface area contributed by atoms with E-state index in [4.69, 9.17) is 4.74 Å². The van der Waals surface area contributed by atoms with Gasteiger partial charge in [-0.05, 0) is 42.4 Å². The van der Waals surface area contributed by atoms with Gasteiger partial charge >= 0.3 is 0 Å². The van der Waals surface area contributed by atoms with Crippen LogP contribution in [0.4, 0.5) is 0 Å². The number of piperidine rings is 1. The van der Waals surface area contributed by atoms with Gasteiger partial charge in [0.05, 0.1) is 6.10 Å². The van der Waals surface area contributed by atoms with Crippen LogP contribution in [0.5, 0.6) is 0 Å². The number of guanidine groups is 1. The molecule has 0 bridgehead atoms. The molecule has 1 aliphatic heterocycles. The zero-order chi connectivity index (χ0) is 16.0. The van der Waals surface area contributed by atoms with E-state index in [9.17, 15) is 0 Å². The molecule has 4 nitrogen and oxygen atoms in total. The molecule has 1 heterocycles. The van der Waals surface area contributed by atoms with Crippen molar-refractivity contribution in [1.29, 1.82) is 0 Å². The Morgan fingerprint density at radius 1 is 1.09 bits per heavy atom. The minimum absolute atomic E-state index is 0. The van der Waals surface area contributed by atoms with E-state index in [0.29, 0.717) is 23.0 Å². The molecule has 0 unspecified atom stereocenters. The molecule has 0 atom stereocenters. The Morgan fingerprint density at radius 3 is 2.09 bits per heavy atom. The van der Waals surface area contributed by atoms with E-state index in [2.05, 4.69) is 42.9 Å². The number of rotatable bonds is 4. The van der Waals surface area contributed by atoms with E-state index in [1.54, 1.807) is 0 Å². The molecular weight excluding hydrogens is 401 g/mol. The van der Waals surface area contributed by atoms with Crippen LogP contribution in [0.15, 0.2) is 4.99 Å². The van der Waals surface area contributed by atoms with Crippen molar-refractivity contribution in [2.75, 3.05) is 26.7 Å². The third-order valence-electron chi connectivity index (χ3n) is 6.51. The molecule has 0 amide bonds. The molecule has 1 saturated heterocycles. The van der Waals surface area contributed by atoms with Crippen LogP contribution in [-0.4, -0.2) is 49.7 Å². The van der Waals surface area contributed by atoms with E-state index in [1.807, 2.05) is 7.05 Å². The summed E-state index contributed by atoms with van der Waals surface area (Å²) < 4.78 is 6.04. The van der Waals surface area contributed by atoms with Crippen molar-refractivity contribution in [1.82, 2.24) is 10.2 Å². The predicted octanol–water partition coefficient (Wildman–Crippen LogP) is 3.51. The SMILES string of the molecule is CN=C(NC1C(C)(C)C1(C)C)N1CCC(OCC2CC2)CC1.I. The lowest BCUT2D eigenvalue weighted by molar-refractivity contribution is 0.0130. The monoisotopic (exact) mass is 435 g/mol. The highest BCUT2D eigenvalue weighted by molar-refractivity contribution is 14.0. The Labute approximate surface area is 158 Å². The summed E-state index contributed by atoms with van der Waals surface area (Å²) in [5.74, 6) is 1.94. The van der Waals surface area contributed by atoms with E-state index < -0.39 is 0 Å². The maximum atomic E-state index is 6.04. The Bertz CT molecular complexity index is 424. The van der Waals surface area contributed by atoms with Gasteiger partial charge in [0.15, 0.2) is 5.96 Å². The lowest BCUT2D eigenvalue weighted by Gasteiger charge is -2.34. The molecule has 2 saturated carbocycles. The number of nitrogens with zero attached hydrogens (tertiary/aromatic N) is 2. The van der Waals surface area contributed by atoms with Gasteiger partial charge in [0.1, 0.15) is 0 Å². The minimum atomic E-state index is 0. The van der Waals surface area contributed by atoms with Gasteiger partial charge in [-0.15, -0.1) is 24.0 Å². The summed E-state index contributed by atoms with van der Waals surface area (Å²) in [5.41, 5.74) is 0.684. The van der Waals surface area contributed by atoms with E-state index >= 15 is 0 Å². The number of hydrogen-bond donors (Lipinski definition) is 1. The molecule has 3 rings (SSSR count). The van der Waals surface area contributed by atoms with Crippen LogP contribution >= 0.6 is 24.0 Å². The van der Waals surface area contributed by atoms with Crippen molar-refractivity contribution in [3.63, 3.8) is 0 Å². The average molecular weight is 435 g/mol. The maximum absolute atomic E-state index is 6.04. The summed E-state index contributed by atoms with van der Waals surface area (Å²) in [6.45, 7) is 12.5. The quantitative estimate of drug-likeness (QED) is 0.417. The van der Waals surface area contributed by atoms with E-state index in [-0.39, 0.29) is 24.0 Å². The molecule has 5 heteroatoms. The first-order valence-electron chi connectivity index (χ1n) is 8.96. The van der Waals surface area contributed by atoms with E-state index in [1.165, 1.54) is 12.8 Å². The van der Waals surface area contributed by atoms with Crippen LogP contribution in [0, 0.1) is 16.7 Å². The third kappa shape index (κ3) is 3.97. The normalized spacial score (nSPS) is 27.5. The fourth-order valence-corrected chi connectivity index (χ4v) is 3.77. The predicted molar refractivity (Wildman–Crippen MR) is 107 cm³/mol. The number of aliphatic imine (C=N–C) groups is 1. The highest BCUT2D eigenvalue weighted by atomic mass is 127. The molecule has 1 N–H and O–H groups in total. The zero-order valence-corrected chi connectivity index (χ0v) is 17.7. The highest BCUT2D eigenvalue weighted by Crippen LogP contribution is 2.62. The lowest BCUT2D eigenvalue weighted by Crippen LogP contribution is -2.48. The first-order chi connectivity index (χ1) is 10.4. The molecular formula is C18H34IN3O. The average Bonchev–Trinajstić information content (AvgIpc) is 3.36. The fourth-order valence-electron chi connectivity index (χ4n) is 3.77. The first kappa shape index (κ1) is 19.3. The number of nitrogens with one attached hydrogen (secondary N) is 1. The first-order valence-corrected chi connectivity index (χ1v) is 8.96. The van der Waals surface area contributed by atoms with Crippen molar-refractivity contribution in [2.24, 2.45) is 21.7 Å². The number of likely N-dealkylation sites (tertiary alicyclic amines) is 1. The maximum Gasteiger partial charge on any atom is 0.193 e. The van der Waals surface area contributed by atoms with Gasteiger partial charge in [0, 0.05) is 32.8 Å². The largest absolute Gasteiger partial charge is 0.378 e. The van der Waals surface area contributed by atoms with Gasteiger partial charge in [-0.1, -0.05) is 27.7 Å². The van der Waals surface area contributed by atoms with Crippen LogP contribution < -0.4 is 5.32 Å². The molecule has 3 fully saturated rings. The summed E-state index contributed by atoms with van der Waals surface area (Å²) in [7, 11) is 1.90. The lowest BCUT2D eigenvalue weighted by atomic mass is 10.0. The van der Waals surface area contributed by atoms with Crippen LogP contribution in [-0.2, 0) is 4.74 Å². The standard InChI is InChI=1S/C18H33N3O.HI/c1-17(2)15(18(17,3)4)20-16(19-5)21-10-8-14(9-11-21)22-12-13-6-7-13;/h13-15H,6-12H2,1-5H3,(H,19,20);1H. The second-order valence-electron chi connectivity index (χ2n) is 8.53. The Morgan fingerprint density at radius 2 is 1.65 bits per heavy atom. The minimum Gasteiger partial charge on any atom is -0.378 e. The fraction of sp³-hybridized carbons (Fsp3) is 0.944. The molecule has 0 radical (unpaired) electrons. The van der Waals surface area contributed by atoms with E-state index in [0.717, 1.165) is 44.4 Å². The van der Waals surface area contributed by atoms with Gasteiger partial charge in [-0.3, -0.25) is 4.99 Å². The van der Waals surface area contributed by atoms with Crippen molar-refractivity contribution in [3.05, 3.63) is 0 Å². The smallest absolute Gasteiger partial charge is 0.193 e. The Kier molecular flexibility index (Phi) is 5.92. The second kappa shape index (κ2) is 7.06. The molecule has 3 aliphatic rings. The molecule has 23 heavy (non-hydrogen) atoms. The molecule has 2 aliphatic carbocycles. The summed E-state index contributed by atoms with van der Waals surface area (Å²) in [6.07, 6.45) is 5.48. The van der Waals surface area contributed by atoms with Crippen molar-refractivity contribution < 1.29 is 4.74 Å². The van der Waals surface area contributed by atoms with Gasteiger partial charge < -0.3 is 15.0 Å². The second-order valence-corrected chi connectivity index (χ2v) is 8.53. The van der Waals surface area contributed by atoms with Crippen molar-refractivity contribution in [2.45, 2.75) is 65.5 Å². The van der Waals surface area contributed by atoms with Crippen LogP contribution in [0.1, 0.15) is 53.4 Å². The van der Waals surface area contributed by atoms with Crippen molar-refractivity contribution in [3.8, 4) is 0 Å². The van der Waals surface area contributed by atoms with Gasteiger partial charge in [0.2, 0.25) is 0 Å². The topological polar surface area (TPSA) is 36.9 Å². The number of hydrogen-bond acceptors (Lipinski definition) is 2. The Balaban J connectivity index is 0.00000192. The number of ether oxygens (including phenoxy) is 1. The Hall–Kier alpha value is -0.0400. The summed E-state index contributed by atoms with van der Waals surface area (Å²) in [4.78, 5) is 6.93. The van der Waals surface area contributed by atoms with Gasteiger partial charge in [-0.2, -0.15) is 0 Å². The summed E-state index contributed by atoms with van der Waals surface area (Å²) >= 11 is 0. The van der Waals surface area contributed by atoms with Crippen LogP contribution in [0.2, 0.25) is 0 Å². The highest BCUT2D eigenvalue weighted by Gasteiger charge is 2.65. The summed E-state index contributed by atoms with van der Waals surface area (Å²) in [5, 5.41) is 3.70. The summed E-state index contributed by atoms with van der Waals surface area (Å²) in [6, 6.07) is 0.516. The van der Waals surface area contributed by atoms with Gasteiger partial charge in [0.25, 0.3) is 0 Å². The molecule has 0 aromatic carbocycles. The molecule has 0 aromatic rings. The molecule has 134 valence electrons. The molecule has 0 spiro atoms. The van der Waals surface area contributed by atoms with Crippen LogP contribution in [0.3, 0.4) is 0 Å².